The first-order valence-corrected chi connectivity index (χ1v) is 5.09. The SMILES string of the molecule is COCC1C(N)C(C)NC(Cl)C1C#N. The molecule has 0 amide bonds. The van der Waals surface area contributed by atoms with Crippen molar-refractivity contribution in [3.05, 3.63) is 0 Å². The van der Waals surface area contributed by atoms with E-state index in [-0.39, 0.29) is 29.4 Å². The number of hydrogen-bond donors (Lipinski definition) is 2. The van der Waals surface area contributed by atoms with Crippen LogP contribution in [0.3, 0.4) is 0 Å². The molecule has 0 aliphatic carbocycles. The summed E-state index contributed by atoms with van der Waals surface area (Å²) in [5, 5.41) is 12.1. The summed E-state index contributed by atoms with van der Waals surface area (Å²) in [6.07, 6.45) is 0. The van der Waals surface area contributed by atoms with Crippen LogP contribution in [0.2, 0.25) is 0 Å². The molecule has 1 saturated heterocycles. The van der Waals surface area contributed by atoms with Crippen molar-refractivity contribution in [2.45, 2.75) is 24.5 Å². The number of halogens is 1. The molecule has 0 radical (unpaired) electrons. The van der Waals surface area contributed by atoms with Crippen LogP contribution in [0.4, 0.5) is 0 Å². The predicted octanol–water partition coefficient (Wildman–Crippen LogP) is 0.273. The molecule has 3 N–H and O–H groups in total. The molecule has 1 rings (SSSR count). The topological polar surface area (TPSA) is 71.1 Å². The van der Waals surface area contributed by atoms with Crippen molar-refractivity contribution in [3.8, 4) is 6.07 Å². The minimum absolute atomic E-state index is 0.00347. The van der Waals surface area contributed by atoms with Gasteiger partial charge in [-0.15, -0.1) is 11.6 Å². The Morgan fingerprint density at radius 2 is 2.29 bits per heavy atom. The van der Waals surface area contributed by atoms with Gasteiger partial charge in [0.1, 0.15) is 0 Å². The van der Waals surface area contributed by atoms with Crippen LogP contribution in [-0.2, 0) is 4.74 Å². The molecule has 0 aromatic carbocycles. The van der Waals surface area contributed by atoms with Gasteiger partial charge in [-0.1, -0.05) is 0 Å². The van der Waals surface area contributed by atoms with Crippen LogP contribution in [0.5, 0.6) is 0 Å². The van der Waals surface area contributed by atoms with Crippen molar-refractivity contribution in [2.75, 3.05) is 13.7 Å². The van der Waals surface area contributed by atoms with E-state index in [0.29, 0.717) is 6.61 Å². The van der Waals surface area contributed by atoms with Gasteiger partial charge in [-0.3, -0.25) is 5.32 Å². The van der Waals surface area contributed by atoms with E-state index in [1.54, 1.807) is 7.11 Å². The molecule has 80 valence electrons. The highest BCUT2D eigenvalue weighted by atomic mass is 35.5. The van der Waals surface area contributed by atoms with Gasteiger partial charge in [-0.2, -0.15) is 5.26 Å². The molecule has 5 atom stereocenters. The summed E-state index contributed by atoms with van der Waals surface area (Å²) in [6, 6.07) is 2.21. The highest BCUT2D eigenvalue weighted by Gasteiger charge is 2.40. The van der Waals surface area contributed by atoms with E-state index in [1.165, 1.54) is 0 Å². The normalized spacial score (nSPS) is 43.2. The minimum Gasteiger partial charge on any atom is -0.384 e. The fourth-order valence-corrected chi connectivity index (χ4v) is 2.30. The van der Waals surface area contributed by atoms with E-state index in [9.17, 15) is 0 Å². The molecule has 5 heteroatoms. The second-order valence-corrected chi connectivity index (χ2v) is 4.18. The summed E-state index contributed by atoms with van der Waals surface area (Å²) in [5.41, 5.74) is 5.65. The predicted molar refractivity (Wildman–Crippen MR) is 54.7 cm³/mol. The Hall–Kier alpha value is -0.340. The van der Waals surface area contributed by atoms with Gasteiger partial charge in [0.25, 0.3) is 0 Å². The van der Waals surface area contributed by atoms with Crippen LogP contribution in [0.15, 0.2) is 0 Å². The van der Waals surface area contributed by atoms with Crippen molar-refractivity contribution in [1.29, 1.82) is 5.26 Å². The summed E-state index contributed by atoms with van der Waals surface area (Å²) in [7, 11) is 1.61. The van der Waals surface area contributed by atoms with Gasteiger partial charge in [0, 0.05) is 25.1 Å². The molecule has 0 aromatic heterocycles. The van der Waals surface area contributed by atoms with Crippen molar-refractivity contribution in [2.24, 2.45) is 17.6 Å². The molecule has 1 aliphatic rings. The van der Waals surface area contributed by atoms with Crippen molar-refractivity contribution in [1.82, 2.24) is 5.32 Å². The largest absolute Gasteiger partial charge is 0.384 e. The zero-order valence-electron chi connectivity index (χ0n) is 8.40. The van der Waals surface area contributed by atoms with Crippen LogP contribution in [0.1, 0.15) is 6.92 Å². The van der Waals surface area contributed by atoms with Crippen LogP contribution in [0, 0.1) is 23.2 Å². The number of methoxy groups -OCH3 is 1. The number of piperidine rings is 1. The number of nitrogens with zero attached hydrogens (tertiary/aromatic N) is 1. The quantitative estimate of drug-likeness (QED) is 0.515. The number of nitrogens with one attached hydrogen (secondary N) is 1. The minimum atomic E-state index is -0.338. The third kappa shape index (κ3) is 2.18. The average molecular weight is 218 g/mol. The third-order valence-electron chi connectivity index (χ3n) is 2.78. The zero-order chi connectivity index (χ0) is 10.7. The summed E-state index contributed by atoms with van der Waals surface area (Å²) in [4.78, 5) is 0. The van der Waals surface area contributed by atoms with E-state index in [1.807, 2.05) is 6.92 Å². The number of nitriles is 1. The van der Waals surface area contributed by atoms with Gasteiger partial charge < -0.3 is 10.5 Å². The van der Waals surface area contributed by atoms with E-state index in [0.717, 1.165) is 0 Å². The van der Waals surface area contributed by atoms with E-state index < -0.39 is 0 Å². The molecule has 14 heavy (non-hydrogen) atoms. The Morgan fingerprint density at radius 3 is 2.79 bits per heavy atom. The maximum absolute atomic E-state index is 8.98. The molecule has 0 spiro atoms. The first-order valence-electron chi connectivity index (χ1n) is 4.66. The molecule has 0 bridgehead atoms. The number of alkyl halides is 1. The monoisotopic (exact) mass is 217 g/mol. The summed E-state index contributed by atoms with van der Waals surface area (Å²) in [5.74, 6) is -0.286. The van der Waals surface area contributed by atoms with Gasteiger partial charge in [-0.05, 0) is 6.92 Å². The zero-order valence-corrected chi connectivity index (χ0v) is 9.16. The highest BCUT2D eigenvalue weighted by Crippen LogP contribution is 2.27. The van der Waals surface area contributed by atoms with E-state index in [2.05, 4.69) is 11.4 Å². The summed E-state index contributed by atoms with van der Waals surface area (Å²) >= 11 is 6.03. The lowest BCUT2D eigenvalue weighted by atomic mass is 9.81. The number of rotatable bonds is 2. The van der Waals surface area contributed by atoms with Crippen molar-refractivity contribution in [3.63, 3.8) is 0 Å². The first-order chi connectivity index (χ1) is 6.61. The van der Waals surface area contributed by atoms with Gasteiger partial charge in [0.2, 0.25) is 0 Å². The Bertz CT molecular complexity index is 231. The standard InChI is InChI=1S/C9H16ClN3O/c1-5-8(12)7(4-14-2)6(3-11)9(10)13-5/h5-9,13H,4,12H2,1-2H3. The lowest BCUT2D eigenvalue weighted by molar-refractivity contribution is 0.0847. The molecular weight excluding hydrogens is 202 g/mol. The van der Waals surface area contributed by atoms with Gasteiger partial charge in [-0.25, -0.2) is 0 Å². The molecule has 1 fully saturated rings. The molecule has 0 saturated carbocycles. The van der Waals surface area contributed by atoms with Gasteiger partial charge in [0.15, 0.2) is 0 Å². The van der Waals surface area contributed by atoms with Gasteiger partial charge >= 0.3 is 0 Å². The molecule has 4 nitrogen and oxygen atoms in total. The fraction of sp³-hybridized carbons (Fsp3) is 0.889. The molecule has 1 heterocycles. The van der Waals surface area contributed by atoms with Crippen molar-refractivity contribution >= 4 is 11.6 Å². The average Bonchev–Trinajstić information content (AvgIpc) is 2.14. The maximum atomic E-state index is 8.98. The Morgan fingerprint density at radius 1 is 1.64 bits per heavy atom. The van der Waals surface area contributed by atoms with Crippen LogP contribution in [0.25, 0.3) is 0 Å². The smallest absolute Gasteiger partial charge is 0.0992 e. The maximum Gasteiger partial charge on any atom is 0.0992 e. The van der Waals surface area contributed by atoms with Crippen molar-refractivity contribution < 1.29 is 4.74 Å². The Labute approximate surface area is 89.4 Å². The third-order valence-corrected chi connectivity index (χ3v) is 3.18. The number of nitrogens with two attached hydrogens (primary N) is 1. The summed E-state index contributed by atoms with van der Waals surface area (Å²) < 4.78 is 5.06. The lowest BCUT2D eigenvalue weighted by Gasteiger charge is -2.40. The lowest BCUT2D eigenvalue weighted by Crippen LogP contribution is -2.60. The van der Waals surface area contributed by atoms with Gasteiger partial charge in [0.05, 0.1) is 24.1 Å². The molecule has 0 aromatic rings. The Kier molecular flexibility index (Phi) is 4.14. The second-order valence-electron chi connectivity index (χ2n) is 3.71. The first kappa shape index (κ1) is 11.7. The highest BCUT2D eigenvalue weighted by molar-refractivity contribution is 6.20. The number of ether oxygens (including phenoxy) is 1. The van der Waals surface area contributed by atoms with Crippen LogP contribution < -0.4 is 11.1 Å². The fourth-order valence-electron chi connectivity index (χ4n) is 1.86. The van der Waals surface area contributed by atoms with Crippen LogP contribution in [-0.4, -0.2) is 31.3 Å². The molecule has 5 unspecified atom stereocenters. The number of hydrogen-bond acceptors (Lipinski definition) is 4. The second kappa shape index (κ2) is 4.94. The van der Waals surface area contributed by atoms with E-state index in [4.69, 9.17) is 27.3 Å². The summed E-state index contributed by atoms with van der Waals surface area (Å²) in [6.45, 7) is 2.45. The van der Waals surface area contributed by atoms with Crippen LogP contribution >= 0.6 is 11.6 Å². The van der Waals surface area contributed by atoms with E-state index >= 15 is 0 Å². The Balaban J connectivity index is 2.77. The molecular formula is C9H16ClN3O. The molecule has 1 aliphatic heterocycles.